The maximum absolute atomic E-state index is 5.23. The third-order valence-electron chi connectivity index (χ3n) is 2.82. The first-order valence-corrected chi connectivity index (χ1v) is 5.60. The van der Waals surface area contributed by atoms with Crippen LogP contribution in [0.15, 0.2) is 30.6 Å². The summed E-state index contributed by atoms with van der Waals surface area (Å²) >= 11 is 0. The van der Waals surface area contributed by atoms with Gasteiger partial charge in [0.25, 0.3) is 0 Å². The number of nitrogens with one attached hydrogen (secondary N) is 1. The number of methoxy groups -OCH3 is 1. The van der Waals surface area contributed by atoms with Crippen LogP contribution in [0.3, 0.4) is 0 Å². The van der Waals surface area contributed by atoms with E-state index in [1.54, 1.807) is 19.5 Å². The summed E-state index contributed by atoms with van der Waals surface area (Å²) in [5.74, 6) is 1.27. The standard InChI is InChI=1S/C13H12N4O/c1-8-5-7-14-12-10(8)16-11(17-12)9-4-3-6-15-13(9)18-2/h3-7H,1-2H3,(H,14,16,17). The van der Waals surface area contributed by atoms with E-state index in [-0.39, 0.29) is 0 Å². The lowest BCUT2D eigenvalue weighted by atomic mass is 10.2. The van der Waals surface area contributed by atoms with Gasteiger partial charge in [-0.25, -0.2) is 15.0 Å². The van der Waals surface area contributed by atoms with Crippen molar-refractivity contribution in [3.05, 3.63) is 36.2 Å². The maximum Gasteiger partial charge on any atom is 0.224 e. The van der Waals surface area contributed by atoms with Crippen LogP contribution in [0, 0.1) is 6.92 Å². The van der Waals surface area contributed by atoms with Gasteiger partial charge in [0.05, 0.1) is 18.2 Å². The number of fused-ring (bicyclic) bond motifs is 1. The summed E-state index contributed by atoms with van der Waals surface area (Å²) < 4.78 is 5.23. The van der Waals surface area contributed by atoms with E-state index in [1.807, 2.05) is 25.1 Å². The number of ether oxygens (including phenoxy) is 1. The third kappa shape index (κ3) is 1.60. The van der Waals surface area contributed by atoms with Gasteiger partial charge in [-0.3, -0.25) is 0 Å². The first kappa shape index (κ1) is 10.7. The van der Waals surface area contributed by atoms with Crippen LogP contribution in [0.25, 0.3) is 22.6 Å². The predicted molar refractivity (Wildman–Crippen MR) is 68.4 cm³/mol. The zero-order valence-electron chi connectivity index (χ0n) is 10.1. The molecule has 18 heavy (non-hydrogen) atoms. The predicted octanol–water partition coefficient (Wildman–Crippen LogP) is 2.34. The SMILES string of the molecule is COc1ncccc1-c1nc2nccc(C)c2[nH]1. The fraction of sp³-hybridized carbons (Fsp3) is 0.154. The minimum Gasteiger partial charge on any atom is -0.480 e. The summed E-state index contributed by atoms with van der Waals surface area (Å²) in [4.78, 5) is 16.1. The molecule has 0 saturated carbocycles. The molecule has 0 saturated heterocycles. The summed E-state index contributed by atoms with van der Waals surface area (Å²) in [6.45, 7) is 2.02. The zero-order chi connectivity index (χ0) is 12.5. The normalized spacial score (nSPS) is 10.8. The van der Waals surface area contributed by atoms with Gasteiger partial charge in [-0.05, 0) is 30.7 Å². The third-order valence-corrected chi connectivity index (χ3v) is 2.82. The Morgan fingerprint density at radius 1 is 1.17 bits per heavy atom. The monoisotopic (exact) mass is 240 g/mol. The molecular formula is C13H12N4O. The molecule has 1 N–H and O–H groups in total. The lowest BCUT2D eigenvalue weighted by molar-refractivity contribution is 0.399. The molecular weight excluding hydrogens is 228 g/mol. The average Bonchev–Trinajstić information content (AvgIpc) is 2.84. The summed E-state index contributed by atoms with van der Waals surface area (Å²) in [5.41, 5.74) is 3.59. The van der Waals surface area contributed by atoms with Gasteiger partial charge < -0.3 is 9.72 Å². The number of nitrogens with zero attached hydrogens (tertiary/aromatic N) is 3. The molecule has 0 spiro atoms. The van der Waals surface area contributed by atoms with Gasteiger partial charge >= 0.3 is 0 Å². The van der Waals surface area contributed by atoms with Gasteiger partial charge in [0.1, 0.15) is 5.82 Å². The van der Waals surface area contributed by atoms with Gasteiger partial charge in [0.2, 0.25) is 5.88 Å². The molecule has 0 atom stereocenters. The van der Waals surface area contributed by atoms with Crippen LogP contribution in [-0.2, 0) is 0 Å². The second-order valence-corrected chi connectivity index (χ2v) is 3.97. The Morgan fingerprint density at radius 2 is 2.06 bits per heavy atom. The summed E-state index contributed by atoms with van der Waals surface area (Å²) in [6, 6.07) is 5.72. The number of imidazole rings is 1. The Morgan fingerprint density at radius 3 is 2.83 bits per heavy atom. The minimum absolute atomic E-state index is 0.550. The number of hydrogen-bond donors (Lipinski definition) is 1. The highest BCUT2D eigenvalue weighted by Gasteiger charge is 2.12. The first-order chi connectivity index (χ1) is 8.79. The molecule has 0 aromatic carbocycles. The Balaban J connectivity index is 2.23. The van der Waals surface area contributed by atoms with E-state index in [2.05, 4.69) is 19.9 Å². The minimum atomic E-state index is 0.550. The molecule has 3 heterocycles. The van der Waals surface area contributed by atoms with E-state index in [0.29, 0.717) is 11.5 Å². The van der Waals surface area contributed by atoms with Crippen LogP contribution < -0.4 is 4.74 Å². The molecule has 90 valence electrons. The van der Waals surface area contributed by atoms with Crippen molar-refractivity contribution < 1.29 is 4.74 Å². The van der Waals surface area contributed by atoms with Gasteiger partial charge in [-0.15, -0.1) is 0 Å². The summed E-state index contributed by atoms with van der Waals surface area (Å²) in [6.07, 6.45) is 3.44. The summed E-state index contributed by atoms with van der Waals surface area (Å²) in [7, 11) is 1.60. The van der Waals surface area contributed by atoms with E-state index in [9.17, 15) is 0 Å². The average molecular weight is 240 g/mol. The maximum atomic E-state index is 5.23. The Bertz CT molecular complexity index is 705. The molecule has 0 aliphatic carbocycles. The highest BCUT2D eigenvalue weighted by molar-refractivity contribution is 5.79. The first-order valence-electron chi connectivity index (χ1n) is 5.60. The van der Waals surface area contributed by atoms with Crippen molar-refractivity contribution in [2.75, 3.05) is 7.11 Å². The molecule has 3 rings (SSSR count). The fourth-order valence-corrected chi connectivity index (χ4v) is 1.90. The number of aromatic amines is 1. The smallest absolute Gasteiger partial charge is 0.224 e. The molecule has 0 aliphatic heterocycles. The Kier molecular flexibility index (Phi) is 2.44. The largest absolute Gasteiger partial charge is 0.480 e. The number of aromatic nitrogens is 4. The molecule has 0 amide bonds. The Labute approximate surface area is 104 Å². The van der Waals surface area contributed by atoms with Gasteiger partial charge in [0, 0.05) is 12.4 Å². The van der Waals surface area contributed by atoms with Crippen LogP contribution in [0.2, 0.25) is 0 Å². The molecule has 0 bridgehead atoms. The van der Waals surface area contributed by atoms with Crippen molar-refractivity contribution in [2.45, 2.75) is 6.92 Å². The van der Waals surface area contributed by atoms with Crippen molar-refractivity contribution in [1.29, 1.82) is 0 Å². The number of pyridine rings is 2. The topological polar surface area (TPSA) is 63.7 Å². The van der Waals surface area contributed by atoms with Crippen molar-refractivity contribution in [3.8, 4) is 17.3 Å². The molecule has 5 heteroatoms. The van der Waals surface area contributed by atoms with E-state index >= 15 is 0 Å². The lowest BCUT2D eigenvalue weighted by Gasteiger charge is -2.03. The van der Waals surface area contributed by atoms with Crippen molar-refractivity contribution in [1.82, 2.24) is 19.9 Å². The van der Waals surface area contributed by atoms with E-state index in [0.717, 1.165) is 22.5 Å². The van der Waals surface area contributed by atoms with Crippen LogP contribution in [0.4, 0.5) is 0 Å². The highest BCUT2D eigenvalue weighted by Crippen LogP contribution is 2.27. The molecule has 3 aromatic heterocycles. The van der Waals surface area contributed by atoms with Crippen molar-refractivity contribution >= 4 is 11.2 Å². The van der Waals surface area contributed by atoms with Crippen molar-refractivity contribution in [3.63, 3.8) is 0 Å². The Hall–Kier alpha value is -2.43. The van der Waals surface area contributed by atoms with E-state index in [4.69, 9.17) is 4.74 Å². The van der Waals surface area contributed by atoms with Gasteiger partial charge in [-0.1, -0.05) is 0 Å². The number of aryl methyl sites for hydroxylation is 1. The molecule has 0 radical (unpaired) electrons. The second-order valence-electron chi connectivity index (χ2n) is 3.97. The number of hydrogen-bond acceptors (Lipinski definition) is 4. The van der Waals surface area contributed by atoms with Crippen LogP contribution in [0.1, 0.15) is 5.56 Å². The van der Waals surface area contributed by atoms with Gasteiger partial charge in [0.15, 0.2) is 5.65 Å². The van der Waals surface area contributed by atoms with Crippen LogP contribution in [-0.4, -0.2) is 27.0 Å². The molecule has 3 aromatic rings. The van der Waals surface area contributed by atoms with Gasteiger partial charge in [-0.2, -0.15) is 0 Å². The fourth-order valence-electron chi connectivity index (χ4n) is 1.90. The molecule has 0 aliphatic rings. The molecule has 0 fully saturated rings. The lowest BCUT2D eigenvalue weighted by Crippen LogP contribution is -1.91. The summed E-state index contributed by atoms with van der Waals surface area (Å²) in [5, 5.41) is 0. The molecule has 0 unspecified atom stereocenters. The van der Waals surface area contributed by atoms with Crippen LogP contribution in [0.5, 0.6) is 5.88 Å². The number of H-pyrrole nitrogens is 1. The van der Waals surface area contributed by atoms with Crippen LogP contribution >= 0.6 is 0 Å². The second kappa shape index (κ2) is 4.10. The van der Waals surface area contributed by atoms with E-state index in [1.165, 1.54) is 0 Å². The zero-order valence-corrected chi connectivity index (χ0v) is 10.1. The number of rotatable bonds is 2. The van der Waals surface area contributed by atoms with Crippen molar-refractivity contribution in [2.24, 2.45) is 0 Å². The highest BCUT2D eigenvalue weighted by atomic mass is 16.5. The molecule has 5 nitrogen and oxygen atoms in total. The quantitative estimate of drug-likeness (QED) is 0.746. The van der Waals surface area contributed by atoms with E-state index < -0.39 is 0 Å².